The van der Waals surface area contributed by atoms with Gasteiger partial charge in [-0.15, -0.1) is 0 Å². The molecule has 0 unspecified atom stereocenters. The molecule has 5 heteroatoms. The molecule has 112 valence electrons. The molecule has 4 nitrogen and oxygen atoms in total. The van der Waals surface area contributed by atoms with E-state index in [1.54, 1.807) is 11.8 Å². The molecular formula is C16H20N2O2S. The molecule has 0 bridgehead atoms. The lowest BCUT2D eigenvalue weighted by Gasteiger charge is -2.24. The number of rotatable bonds is 4. The summed E-state index contributed by atoms with van der Waals surface area (Å²) in [5, 5.41) is 0. The topological polar surface area (TPSA) is 40.6 Å². The van der Waals surface area contributed by atoms with Crippen molar-refractivity contribution in [3.63, 3.8) is 0 Å². The van der Waals surface area contributed by atoms with E-state index in [1.165, 1.54) is 4.90 Å². The minimum atomic E-state index is -0.382. The third kappa shape index (κ3) is 2.67. The first-order valence-corrected chi connectivity index (χ1v) is 8.47. The van der Waals surface area contributed by atoms with Crippen LogP contribution < -0.4 is 4.90 Å². The summed E-state index contributed by atoms with van der Waals surface area (Å²) >= 11 is 1.79. The van der Waals surface area contributed by atoms with Crippen molar-refractivity contribution in [3.05, 3.63) is 30.3 Å². The number of thioether (sulfide) groups is 1. The summed E-state index contributed by atoms with van der Waals surface area (Å²) < 4.78 is 0. The lowest BCUT2D eigenvalue weighted by atomic mass is 9.86. The second-order valence-corrected chi connectivity index (χ2v) is 6.97. The van der Waals surface area contributed by atoms with E-state index in [4.69, 9.17) is 0 Å². The summed E-state index contributed by atoms with van der Waals surface area (Å²) in [6, 6.07) is 10.0. The molecule has 2 heterocycles. The predicted molar refractivity (Wildman–Crippen MR) is 85.4 cm³/mol. The van der Waals surface area contributed by atoms with Crippen molar-refractivity contribution in [2.24, 2.45) is 5.41 Å². The second kappa shape index (κ2) is 5.72. The van der Waals surface area contributed by atoms with Crippen LogP contribution in [0.1, 0.15) is 12.8 Å². The van der Waals surface area contributed by atoms with E-state index < -0.39 is 0 Å². The zero-order valence-electron chi connectivity index (χ0n) is 12.2. The van der Waals surface area contributed by atoms with E-state index >= 15 is 0 Å². The van der Waals surface area contributed by atoms with Gasteiger partial charge in [-0.25, -0.2) is 0 Å². The van der Waals surface area contributed by atoms with E-state index in [9.17, 15) is 9.59 Å². The second-order valence-electron chi connectivity index (χ2n) is 5.87. The van der Waals surface area contributed by atoms with Crippen LogP contribution in [0.5, 0.6) is 0 Å². The van der Waals surface area contributed by atoms with Gasteiger partial charge in [0.25, 0.3) is 0 Å². The van der Waals surface area contributed by atoms with Crippen molar-refractivity contribution in [3.8, 4) is 0 Å². The number of likely N-dealkylation sites (N-methyl/N-ethyl adjacent to an activating group) is 1. The smallest absolute Gasteiger partial charge is 0.236 e. The Morgan fingerprint density at radius 3 is 2.71 bits per heavy atom. The fourth-order valence-corrected chi connectivity index (χ4v) is 4.50. The molecule has 0 radical (unpaired) electrons. The number of hydrogen-bond donors (Lipinski definition) is 0. The van der Waals surface area contributed by atoms with Crippen LogP contribution in [-0.2, 0) is 9.59 Å². The predicted octanol–water partition coefficient (Wildman–Crippen LogP) is 2.00. The average Bonchev–Trinajstić information content (AvgIpc) is 3.05. The van der Waals surface area contributed by atoms with Crippen LogP contribution >= 0.6 is 11.8 Å². The molecular weight excluding hydrogens is 284 g/mol. The number of nitrogens with zero attached hydrogens (tertiary/aromatic N) is 2. The summed E-state index contributed by atoms with van der Waals surface area (Å²) in [6.07, 6.45) is 1.27. The Kier molecular flexibility index (Phi) is 3.93. The normalized spacial score (nSPS) is 25.1. The Morgan fingerprint density at radius 1 is 1.29 bits per heavy atom. The highest BCUT2D eigenvalue weighted by Gasteiger charge is 2.52. The van der Waals surface area contributed by atoms with E-state index in [0.717, 1.165) is 23.6 Å². The van der Waals surface area contributed by atoms with Crippen molar-refractivity contribution < 1.29 is 9.59 Å². The van der Waals surface area contributed by atoms with Crippen molar-refractivity contribution >= 4 is 29.3 Å². The van der Waals surface area contributed by atoms with Gasteiger partial charge in [0.1, 0.15) is 0 Å². The number of likely N-dealkylation sites (tertiary alicyclic amines) is 1. The average molecular weight is 304 g/mol. The number of carbonyl (C=O) groups excluding carboxylic acids is 2. The van der Waals surface area contributed by atoms with Gasteiger partial charge in [0.15, 0.2) is 0 Å². The fraction of sp³-hybridized carbons (Fsp3) is 0.500. The van der Waals surface area contributed by atoms with Crippen LogP contribution in [0.25, 0.3) is 0 Å². The Morgan fingerprint density at radius 2 is 2.05 bits per heavy atom. The Balaban J connectivity index is 1.63. The molecule has 1 spiro atoms. The van der Waals surface area contributed by atoms with Gasteiger partial charge in [-0.1, -0.05) is 18.2 Å². The summed E-state index contributed by atoms with van der Waals surface area (Å²) in [6.45, 7) is 1.15. The fourth-order valence-electron chi connectivity index (χ4n) is 3.06. The number of benzene rings is 1. The number of carbonyl (C=O) groups is 2. The molecule has 3 rings (SSSR count). The highest BCUT2D eigenvalue weighted by atomic mass is 32.2. The third-order valence-electron chi connectivity index (χ3n) is 4.45. The largest absolute Gasteiger partial charge is 0.373 e. The SMILES string of the molecule is CN(CCN1C(=O)C[C@@]2(CCSC2)C1=O)c1ccccc1. The maximum absolute atomic E-state index is 12.6. The Hall–Kier alpha value is -1.49. The molecule has 0 aromatic heterocycles. The Bertz CT molecular complexity index is 540. The zero-order valence-corrected chi connectivity index (χ0v) is 13.1. The summed E-state index contributed by atoms with van der Waals surface area (Å²) in [5.74, 6) is 1.86. The first-order valence-electron chi connectivity index (χ1n) is 7.31. The van der Waals surface area contributed by atoms with Gasteiger partial charge in [0, 0.05) is 38.0 Å². The Labute approximate surface area is 129 Å². The van der Waals surface area contributed by atoms with Gasteiger partial charge in [0.2, 0.25) is 11.8 Å². The molecule has 21 heavy (non-hydrogen) atoms. The minimum Gasteiger partial charge on any atom is -0.373 e. The van der Waals surface area contributed by atoms with Gasteiger partial charge in [-0.2, -0.15) is 11.8 Å². The molecule has 2 aliphatic heterocycles. The lowest BCUT2D eigenvalue weighted by molar-refractivity contribution is -0.140. The molecule has 2 fully saturated rings. The van der Waals surface area contributed by atoms with Crippen LogP contribution in [0.2, 0.25) is 0 Å². The van der Waals surface area contributed by atoms with Crippen molar-refractivity contribution in [1.29, 1.82) is 0 Å². The molecule has 2 aliphatic rings. The third-order valence-corrected chi connectivity index (χ3v) is 5.70. The summed E-state index contributed by atoms with van der Waals surface area (Å²) in [7, 11) is 1.99. The molecule has 0 aliphatic carbocycles. The van der Waals surface area contributed by atoms with Gasteiger partial charge in [0.05, 0.1) is 5.41 Å². The number of anilines is 1. The van der Waals surface area contributed by atoms with Crippen molar-refractivity contribution in [2.75, 3.05) is 36.5 Å². The van der Waals surface area contributed by atoms with Crippen molar-refractivity contribution in [1.82, 2.24) is 4.90 Å². The highest BCUT2D eigenvalue weighted by molar-refractivity contribution is 7.99. The quantitative estimate of drug-likeness (QED) is 0.798. The van der Waals surface area contributed by atoms with Crippen LogP contribution in [0.15, 0.2) is 30.3 Å². The number of para-hydroxylation sites is 1. The molecule has 0 saturated carbocycles. The summed E-state index contributed by atoms with van der Waals surface area (Å²) in [5.41, 5.74) is 0.718. The van der Waals surface area contributed by atoms with E-state index in [1.807, 2.05) is 37.4 Å². The number of imide groups is 1. The van der Waals surface area contributed by atoms with Crippen molar-refractivity contribution in [2.45, 2.75) is 12.8 Å². The first kappa shape index (κ1) is 14.4. The maximum atomic E-state index is 12.6. The van der Waals surface area contributed by atoms with Crippen LogP contribution in [-0.4, -0.2) is 48.4 Å². The number of hydrogen-bond acceptors (Lipinski definition) is 4. The number of amides is 2. The van der Waals surface area contributed by atoms with Gasteiger partial charge >= 0.3 is 0 Å². The molecule has 0 N–H and O–H groups in total. The van der Waals surface area contributed by atoms with Gasteiger partial charge in [-0.3, -0.25) is 14.5 Å². The van der Waals surface area contributed by atoms with E-state index in [2.05, 4.69) is 4.90 Å². The standard InChI is InChI=1S/C16H20N2O2S/c1-17(13-5-3-2-4-6-13)8-9-18-14(19)11-16(15(18)20)7-10-21-12-16/h2-6H,7-12H2,1H3/t16-/m1/s1. The van der Waals surface area contributed by atoms with E-state index in [0.29, 0.717) is 19.5 Å². The molecule has 2 saturated heterocycles. The molecule has 2 amide bonds. The zero-order chi connectivity index (χ0) is 14.9. The van der Waals surface area contributed by atoms with Gasteiger partial charge in [-0.05, 0) is 24.3 Å². The highest BCUT2D eigenvalue weighted by Crippen LogP contribution is 2.44. The molecule has 1 atom stereocenters. The molecule has 1 aromatic rings. The minimum absolute atomic E-state index is 0.00367. The van der Waals surface area contributed by atoms with Crippen LogP contribution in [0.3, 0.4) is 0 Å². The first-order chi connectivity index (χ1) is 10.1. The lowest BCUT2D eigenvalue weighted by Crippen LogP contribution is -2.40. The maximum Gasteiger partial charge on any atom is 0.236 e. The van der Waals surface area contributed by atoms with E-state index in [-0.39, 0.29) is 17.2 Å². The summed E-state index contributed by atoms with van der Waals surface area (Å²) in [4.78, 5) is 28.3. The monoisotopic (exact) mass is 304 g/mol. The van der Waals surface area contributed by atoms with Crippen LogP contribution in [0.4, 0.5) is 5.69 Å². The van der Waals surface area contributed by atoms with Gasteiger partial charge < -0.3 is 4.90 Å². The molecule has 1 aromatic carbocycles. The van der Waals surface area contributed by atoms with Crippen LogP contribution in [0, 0.1) is 5.41 Å².